The minimum absolute atomic E-state index is 0.348. The Morgan fingerprint density at radius 2 is 1.91 bits per heavy atom. The summed E-state index contributed by atoms with van der Waals surface area (Å²) in [7, 11) is 0. The highest BCUT2D eigenvalue weighted by atomic mass is 19.4. The molecule has 1 atom stereocenters. The summed E-state index contributed by atoms with van der Waals surface area (Å²) in [6.07, 6.45) is 4.02. The molecule has 0 aliphatic heterocycles. The molecule has 0 bridgehead atoms. The lowest BCUT2D eigenvalue weighted by molar-refractivity contribution is -0.230. The molecule has 0 aliphatic carbocycles. The van der Waals surface area contributed by atoms with Crippen molar-refractivity contribution in [3.05, 3.63) is 48.0 Å². The molecule has 4 nitrogen and oxygen atoms in total. The van der Waals surface area contributed by atoms with Gasteiger partial charge >= 0.3 is 5.97 Å². The van der Waals surface area contributed by atoms with Gasteiger partial charge in [0.25, 0.3) is 0 Å². The highest BCUT2D eigenvalue weighted by Gasteiger charge is 2.52. The minimum Gasteiger partial charge on any atom is -0.479 e. The van der Waals surface area contributed by atoms with Crippen LogP contribution in [0.5, 0.6) is 0 Å². The molecule has 0 aromatic heterocycles. The summed E-state index contributed by atoms with van der Waals surface area (Å²) in [5, 5.41) is 7.75. The van der Waals surface area contributed by atoms with E-state index in [4.69, 9.17) is 0 Å². The summed E-state index contributed by atoms with van der Waals surface area (Å²) >= 11 is 0. The van der Waals surface area contributed by atoms with Crippen molar-refractivity contribution in [2.45, 2.75) is 38.1 Å². The first kappa shape index (κ1) is 18.0. The fourth-order valence-electron chi connectivity index (χ4n) is 2.02. The molecule has 0 saturated heterocycles. The van der Waals surface area contributed by atoms with E-state index in [1.165, 1.54) is 18.2 Å². The van der Waals surface area contributed by atoms with E-state index in [1.807, 2.05) is 6.92 Å². The van der Waals surface area contributed by atoms with Crippen molar-refractivity contribution >= 4 is 11.8 Å². The molecular formula is C16H19F2NO3. The van der Waals surface area contributed by atoms with Crippen LogP contribution in [0, 0.1) is 0 Å². The number of carbonyl (C=O) groups is 2. The van der Waals surface area contributed by atoms with Crippen molar-refractivity contribution in [1.82, 2.24) is 5.34 Å². The Kier molecular flexibility index (Phi) is 6.85. The number of benzene rings is 1. The molecule has 120 valence electrons. The largest absolute Gasteiger partial charge is 0.479 e. The summed E-state index contributed by atoms with van der Waals surface area (Å²) < 4.78 is 26.6. The number of carboxylic acid groups (broad SMARTS) is 1. The predicted molar refractivity (Wildman–Crippen MR) is 78.2 cm³/mol. The zero-order chi connectivity index (χ0) is 16.6. The molecule has 6 heteroatoms. The van der Waals surface area contributed by atoms with E-state index in [0.29, 0.717) is 12.0 Å². The Balaban J connectivity index is 3.08. The van der Waals surface area contributed by atoms with Crippen LogP contribution in [0.2, 0.25) is 0 Å². The van der Waals surface area contributed by atoms with Crippen LogP contribution in [-0.4, -0.2) is 27.7 Å². The van der Waals surface area contributed by atoms with E-state index in [9.17, 15) is 23.7 Å². The van der Waals surface area contributed by atoms with Crippen LogP contribution in [0.4, 0.5) is 8.96 Å². The smallest absolute Gasteiger partial charge is 0.338 e. The Morgan fingerprint density at radius 1 is 1.27 bits per heavy atom. The van der Waals surface area contributed by atoms with Crippen LogP contribution in [0.25, 0.3) is 0 Å². The quantitative estimate of drug-likeness (QED) is 0.328. The lowest BCUT2D eigenvalue weighted by Gasteiger charge is -2.26. The molecular weight excluding hydrogens is 292 g/mol. The molecule has 0 spiro atoms. The first-order valence-corrected chi connectivity index (χ1v) is 7.05. The van der Waals surface area contributed by atoms with Crippen LogP contribution in [0.15, 0.2) is 42.5 Å². The normalized spacial score (nSPS) is 14.2. The average molecular weight is 311 g/mol. The second-order valence-corrected chi connectivity index (χ2v) is 4.97. The maximum Gasteiger partial charge on any atom is 0.338 e. The van der Waals surface area contributed by atoms with Crippen molar-refractivity contribution in [3.63, 3.8) is 0 Å². The van der Waals surface area contributed by atoms with Crippen LogP contribution in [0.1, 0.15) is 31.7 Å². The van der Waals surface area contributed by atoms with Crippen molar-refractivity contribution in [1.29, 1.82) is 0 Å². The van der Waals surface area contributed by atoms with Gasteiger partial charge in [0.2, 0.25) is 5.54 Å². The number of carboxylic acids is 1. The molecule has 0 saturated carbocycles. The molecule has 1 aromatic rings. The van der Waals surface area contributed by atoms with E-state index >= 15 is 0 Å². The van der Waals surface area contributed by atoms with Gasteiger partial charge in [0, 0.05) is 11.8 Å². The maximum absolute atomic E-state index is 13.3. The number of halogens is 2. The third kappa shape index (κ3) is 4.21. The Bertz CT molecular complexity index is 531. The number of hydrogen-bond donors (Lipinski definition) is 1. The number of aliphatic carboxylic acids is 1. The minimum atomic E-state index is -2.90. The van der Waals surface area contributed by atoms with Crippen LogP contribution in [0.3, 0.4) is 0 Å². The highest BCUT2D eigenvalue weighted by Crippen LogP contribution is 2.25. The van der Waals surface area contributed by atoms with Crippen LogP contribution >= 0.6 is 0 Å². The van der Waals surface area contributed by atoms with E-state index in [0.717, 1.165) is 18.9 Å². The van der Waals surface area contributed by atoms with Gasteiger partial charge in [0.15, 0.2) is 5.78 Å². The molecule has 1 aromatic carbocycles. The second kappa shape index (κ2) is 8.38. The van der Waals surface area contributed by atoms with Crippen molar-refractivity contribution in [2.75, 3.05) is 0 Å². The first-order valence-electron chi connectivity index (χ1n) is 7.05. The number of rotatable bonds is 9. The molecule has 22 heavy (non-hydrogen) atoms. The lowest BCUT2D eigenvalue weighted by Crippen LogP contribution is -2.55. The maximum atomic E-state index is 13.3. The summed E-state index contributed by atoms with van der Waals surface area (Å²) in [4.78, 5) is 23.5. The number of unbranched alkanes of at least 4 members (excludes halogenated alkanes) is 2. The van der Waals surface area contributed by atoms with E-state index in [2.05, 4.69) is 0 Å². The summed E-state index contributed by atoms with van der Waals surface area (Å²) in [5.41, 5.74) is -2.55. The second-order valence-electron chi connectivity index (χ2n) is 4.97. The number of allylic oxidation sites excluding steroid dienone is 1. The zero-order valence-electron chi connectivity index (χ0n) is 12.3. The molecule has 1 N–H and O–H groups in total. The van der Waals surface area contributed by atoms with E-state index in [1.54, 1.807) is 18.2 Å². The number of ketones is 1. The van der Waals surface area contributed by atoms with Gasteiger partial charge in [-0.05, 0) is 18.1 Å². The van der Waals surface area contributed by atoms with Crippen molar-refractivity contribution in [2.24, 2.45) is 0 Å². The Hall–Kier alpha value is -2.08. The zero-order valence-corrected chi connectivity index (χ0v) is 12.3. The summed E-state index contributed by atoms with van der Waals surface area (Å²) in [5.74, 6) is -3.00. The molecule has 0 radical (unpaired) electrons. The van der Waals surface area contributed by atoms with Crippen LogP contribution in [-0.2, 0) is 16.0 Å². The van der Waals surface area contributed by atoms with Gasteiger partial charge in [-0.15, -0.1) is 0 Å². The molecule has 0 fully saturated rings. The number of carbonyl (C=O) groups excluding carboxylic acids is 1. The van der Waals surface area contributed by atoms with E-state index in [-0.39, 0.29) is 0 Å². The molecule has 0 amide bonds. The van der Waals surface area contributed by atoms with Crippen LogP contribution < -0.4 is 0 Å². The third-order valence-corrected chi connectivity index (χ3v) is 3.35. The van der Waals surface area contributed by atoms with Crippen molar-refractivity contribution < 1.29 is 23.7 Å². The highest BCUT2D eigenvalue weighted by molar-refractivity contribution is 6.12. The standard InChI is InChI=1S/C16H19F2NO3/c1-2-3-4-8-11-14(20)16(15(21)22,19(17)18)12-13-9-6-5-7-10-13/h5-11H,2-4,12H2,1H3,(H,21,22)/b11-8+/t16-/m1/s1. The fraction of sp³-hybridized carbons (Fsp3) is 0.375. The molecule has 0 aliphatic rings. The lowest BCUT2D eigenvalue weighted by atomic mass is 9.87. The van der Waals surface area contributed by atoms with Gasteiger partial charge in [0.05, 0.1) is 0 Å². The van der Waals surface area contributed by atoms with Crippen molar-refractivity contribution in [3.8, 4) is 0 Å². The summed E-state index contributed by atoms with van der Waals surface area (Å²) in [6.45, 7) is 1.96. The fourth-order valence-corrected chi connectivity index (χ4v) is 2.02. The van der Waals surface area contributed by atoms with Gasteiger partial charge in [0.1, 0.15) is 0 Å². The van der Waals surface area contributed by atoms with E-state index < -0.39 is 29.1 Å². The van der Waals surface area contributed by atoms with Gasteiger partial charge < -0.3 is 5.11 Å². The van der Waals surface area contributed by atoms with Gasteiger partial charge in [-0.25, -0.2) is 4.79 Å². The first-order chi connectivity index (χ1) is 10.4. The topological polar surface area (TPSA) is 57.6 Å². The summed E-state index contributed by atoms with van der Waals surface area (Å²) in [6, 6.07) is 7.90. The van der Waals surface area contributed by atoms with Gasteiger partial charge in [-0.3, -0.25) is 4.79 Å². The van der Waals surface area contributed by atoms with Gasteiger partial charge in [-0.1, -0.05) is 65.1 Å². The average Bonchev–Trinajstić information content (AvgIpc) is 2.49. The number of nitrogens with zero attached hydrogens (tertiary/aromatic N) is 1. The third-order valence-electron chi connectivity index (χ3n) is 3.35. The molecule has 0 heterocycles. The van der Waals surface area contributed by atoms with Gasteiger partial charge in [-0.2, -0.15) is 0 Å². The monoisotopic (exact) mass is 311 g/mol. The number of hydrogen-bond acceptors (Lipinski definition) is 3. The molecule has 0 unspecified atom stereocenters. The predicted octanol–water partition coefficient (Wildman–Crippen LogP) is 3.44. The Labute approximate surface area is 127 Å². The molecule has 1 rings (SSSR count). The SMILES string of the molecule is CCCC/C=C/C(=O)[C@](Cc1ccccc1)(C(=O)O)N(F)F. The Morgan fingerprint density at radius 3 is 2.41 bits per heavy atom.